The fourth-order valence-electron chi connectivity index (χ4n) is 2.12. The van der Waals surface area contributed by atoms with Gasteiger partial charge >= 0.3 is 0 Å². The molecule has 0 saturated carbocycles. The molecule has 0 fully saturated rings. The Morgan fingerprint density at radius 2 is 2.00 bits per heavy atom. The molecular weight excluding hydrogens is 290 g/mol. The van der Waals surface area contributed by atoms with E-state index in [0.717, 1.165) is 17.0 Å². The van der Waals surface area contributed by atoms with Gasteiger partial charge in [-0.25, -0.2) is 0 Å². The third kappa shape index (κ3) is 3.24. The maximum atomic E-state index is 5.47. The van der Waals surface area contributed by atoms with Crippen LogP contribution >= 0.6 is 15.9 Å². The van der Waals surface area contributed by atoms with E-state index in [1.807, 2.05) is 12.1 Å². The predicted octanol–water partition coefficient (Wildman–Crippen LogP) is 4.51. The SMILES string of the molecule is Cc1ccc(C(C)NCc2ccc(Br)o2)c(C)c1. The van der Waals surface area contributed by atoms with E-state index in [2.05, 4.69) is 60.2 Å². The van der Waals surface area contributed by atoms with E-state index in [9.17, 15) is 0 Å². The Hall–Kier alpha value is -1.06. The van der Waals surface area contributed by atoms with Crippen LogP contribution in [0.4, 0.5) is 0 Å². The third-order valence-corrected chi connectivity index (χ3v) is 3.53. The molecule has 0 radical (unpaired) electrons. The first-order chi connectivity index (χ1) is 8.56. The number of hydrogen-bond donors (Lipinski definition) is 1. The maximum Gasteiger partial charge on any atom is 0.169 e. The fourth-order valence-corrected chi connectivity index (χ4v) is 2.46. The molecule has 1 aromatic carbocycles. The summed E-state index contributed by atoms with van der Waals surface area (Å²) in [5.41, 5.74) is 3.97. The lowest BCUT2D eigenvalue weighted by molar-refractivity contribution is 0.446. The number of hydrogen-bond acceptors (Lipinski definition) is 2. The molecule has 2 aromatic rings. The van der Waals surface area contributed by atoms with Gasteiger partial charge in [-0.05, 0) is 60.0 Å². The van der Waals surface area contributed by atoms with Gasteiger partial charge in [-0.2, -0.15) is 0 Å². The Labute approximate surface area is 117 Å². The van der Waals surface area contributed by atoms with Crippen molar-refractivity contribution in [3.63, 3.8) is 0 Å². The van der Waals surface area contributed by atoms with Crippen LogP contribution in [0.3, 0.4) is 0 Å². The maximum absolute atomic E-state index is 5.47. The molecule has 1 atom stereocenters. The number of furan rings is 1. The molecule has 18 heavy (non-hydrogen) atoms. The Kier molecular flexibility index (Phi) is 4.25. The number of rotatable bonds is 4. The second kappa shape index (κ2) is 5.72. The summed E-state index contributed by atoms with van der Waals surface area (Å²) >= 11 is 3.31. The minimum absolute atomic E-state index is 0.314. The molecule has 0 spiro atoms. The minimum Gasteiger partial charge on any atom is -0.453 e. The highest BCUT2D eigenvalue weighted by Gasteiger charge is 2.09. The molecule has 1 N–H and O–H groups in total. The van der Waals surface area contributed by atoms with Gasteiger partial charge in [0, 0.05) is 6.04 Å². The van der Waals surface area contributed by atoms with Crippen LogP contribution in [-0.4, -0.2) is 0 Å². The molecule has 1 unspecified atom stereocenters. The largest absolute Gasteiger partial charge is 0.453 e. The predicted molar refractivity (Wildman–Crippen MR) is 77.6 cm³/mol. The zero-order valence-corrected chi connectivity index (χ0v) is 12.5. The van der Waals surface area contributed by atoms with Crippen LogP contribution in [0.5, 0.6) is 0 Å². The highest BCUT2D eigenvalue weighted by molar-refractivity contribution is 9.10. The van der Waals surface area contributed by atoms with Gasteiger partial charge in [0.1, 0.15) is 5.76 Å². The van der Waals surface area contributed by atoms with E-state index < -0.39 is 0 Å². The lowest BCUT2D eigenvalue weighted by Gasteiger charge is -2.16. The van der Waals surface area contributed by atoms with Crippen molar-refractivity contribution >= 4 is 15.9 Å². The van der Waals surface area contributed by atoms with Crippen molar-refractivity contribution in [3.8, 4) is 0 Å². The molecule has 3 heteroatoms. The third-order valence-electron chi connectivity index (χ3n) is 3.10. The van der Waals surface area contributed by atoms with Gasteiger partial charge in [-0.3, -0.25) is 0 Å². The topological polar surface area (TPSA) is 25.2 Å². The molecule has 0 aliphatic heterocycles. The van der Waals surface area contributed by atoms with Crippen molar-refractivity contribution in [2.45, 2.75) is 33.4 Å². The van der Waals surface area contributed by atoms with Crippen molar-refractivity contribution in [1.82, 2.24) is 5.32 Å². The Morgan fingerprint density at radius 3 is 2.61 bits per heavy atom. The van der Waals surface area contributed by atoms with E-state index in [-0.39, 0.29) is 0 Å². The fraction of sp³-hybridized carbons (Fsp3) is 0.333. The zero-order valence-electron chi connectivity index (χ0n) is 11.0. The van der Waals surface area contributed by atoms with Crippen LogP contribution in [0.25, 0.3) is 0 Å². The molecule has 0 saturated heterocycles. The van der Waals surface area contributed by atoms with Crippen molar-refractivity contribution < 1.29 is 4.42 Å². The highest BCUT2D eigenvalue weighted by atomic mass is 79.9. The average Bonchev–Trinajstić information content (AvgIpc) is 2.72. The molecule has 1 heterocycles. The van der Waals surface area contributed by atoms with Gasteiger partial charge in [0.2, 0.25) is 0 Å². The summed E-state index contributed by atoms with van der Waals surface area (Å²) in [5, 5.41) is 3.47. The van der Waals surface area contributed by atoms with Crippen LogP contribution in [0.1, 0.15) is 35.4 Å². The van der Waals surface area contributed by atoms with Gasteiger partial charge in [0.25, 0.3) is 0 Å². The Balaban J connectivity index is 2.01. The van der Waals surface area contributed by atoms with Crippen molar-refractivity contribution in [2.24, 2.45) is 0 Å². The standard InChI is InChI=1S/C15H18BrNO/c1-10-4-6-14(11(2)8-10)12(3)17-9-13-5-7-15(16)18-13/h4-8,12,17H,9H2,1-3H3. The summed E-state index contributed by atoms with van der Waals surface area (Å²) in [6, 6.07) is 10.8. The van der Waals surface area contributed by atoms with Crippen molar-refractivity contribution in [1.29, 1.82) is 0 Å². The van der Waals surface area contributed by atoms with Gasteiger partial charge in [0.05, 0.1) is 6.54 Å². The zero-order chi connectivity index (χ0) is 13.1. The van der Waals surface area contributed by atoms with Crippen LogP contribution in [0.2, 0.25) is 0 Å². The highest BCUT2D eigenvalue weighted by Crippen LogP contribution is 2.20. The van der Waals surface area contributed by atoms with E-state index in [0.29, 0.717) is 6.04 Å². The minimum atomic E-state index is 0.314. The summed E-state index contributed by atoms with van der Waals surface area (Å²) in [6.07, 6.45) is 0. The summed E-state index contributed by atoms with van der Waals surface area (Å²) in [4.78, 5) is 0. The quantitative estimate of drug-likeness (QED) is 0.899. The van der Waals surface area contributed by atoms with Crippen molar-refractivity contribution in [3.05, 3.63) is 57.5 Å². The van der Waals surface area contributed by atoms with Crippen molar-refractivity contribution in [2.75, 3.05) is 0 Å². The number of halogens is 1. The lowest BCUT2D eigenvalue weighted by Crippen LogP contribution is -2.18. The second-order valence-corrected chi connectivity index (χ2v) is 5.45. The first-order valence-electron chi connectivity index (χ1n) is 6.11. The summed E-state index contributed by atoms with van der Waals surface area (Å²) < 4.78 is 6.25. The number of nitrogens with one attached hydrogen (secondary N) is 1. The molecule has 2 nitrogen and oxygen atoms in total. The molecule has 2 rings (SSSR count). The number of benzene rings is 1. The number of aryl methyl sites for hydroxylation is 2. The second-order valence-electron chi connectivity index (χ2n) is 4.67. The molecule has 0 amide bonds. The van der Waals surface area contributed by atoms with Crippen LogP contribution in [0.15, 0.2) is 39.4 Å². The van der Waals surface area contributed by atoms with E-state index in [1.54, 1.807) is 0 Å². The Bertz CT molecular complexity index is 533. The van der Waals surface area contributed by atoms with Crippen LogP contribution in [0, 0.1) is 13.8 Å². The average molecular weight is 308 g/mol. The van der Waals surface area contributed by atoms with Gasteiger partial charge in [0.15, 0.2) is 4.67 Å². The molecular formula is C15H18BrNO. The summed E-state index contributed by atoms with van der Waals surface area (Å²) in [5.74, 6) is 0.943. The van der Waals surface area contributed by atoms with Gasteiger partial charge in [-0.15, -0.1) is 0 Å². The molecule has 0 bridgehead atoms. The van der Waals surface area contributed by atoms with E-state index in [1.165, 1.54) is 16.7 Å². The monoisotopic (exact) mass is 307 g/mol. The summed E-state index contributed by atoms with van der Waals surface area (Å²) in [6.45, 7) is 7.19. The molecule has 96 valence electrons. The normalized spacial score (nSPS) is 12.7. The lowest BCUT2D eigenvalue weighted by atomic mass is 10.0. The Morgan fingerprint density at radius 1 is 1.22 bits per heavy atom. The first kappa shape index (κ1) is 13.4. The van der Waals surface area contributed by atoms with Crippen LogP contribution in [-0.2, 0) is 6.54 Å². The smallest absolute Gasteiger partial charge is 0.169 e. The molecule has 1 aromatic heterocycles. The first-order valence-corrected chi connectivity index (χ1v) is 6.90. The molecule has 0 aliphatic carbocycles. The van der Waals surface area contributed by atoms with Gasteiger partial charge in [-0.1, -0.05) is 23.8 Å². The van der Waals surface area contributed by atoms with E-state index >= 15 is 0 Å². The molecule has 0 aliphatic rings. The summed E-state index contributed by atoms with van der Waals surface area (Å²) in [7, 11) is 0. The van der Waals surface area contributed by atoms with Gasteiger partial charge < -0.3 is 9.73 Å². The van der Waals surface area contributed by atoms with Crippen LogP contribution < -0.4 is 5.32 Å². The van der Waals surface area contributed by atoms with E-state index in [4.69, 9.17) is 4.42 Å².